The lowest BCUT2D eigenvalue weighted by Gasteiger charge is -2.26. The Morgan fingerprint density at radius 2 is 1.76 bits per heavy atom. The van der Waals surface area contributed by atoms with Gasteiger partial charge in [-0.1, -0.05) is 18.2 Å². The Bertz CT molecular complexity index is 1130. The number of hydrogen-bond acceptors (Lipinski definition) is 7. The summed E-state index contributed by atoms with van der Waals surface area (Å²) in [5.41, 5.74) is 1.56. The van der Waals surface area contributed by atoms with Crippen LogP contribution in [0.4, 0.5) is 5.69 Å². The zero-order chi connectivity index (χ0) is 24.6. The topological polar surface area (TPSA) is 131 Å². The van der Waals surface area contributed by atoms with Gasteiger partial charge in [0.1, 0.15) is 6.54 Å². The molecule has 0 unspecified atom stereocenters. The molecular weight excluding hydrogens is 462 g/mol. The van der Waals surface area contributed by atoms with Crippen molar-refractivity contribution in [2.75, 3.05) is 45.3 Å². The molecule has 182 valence electrons. The predicted molar refractivity (Wildman–Crippen MR) is 124 cm³/mol. The number of ether oxygens (including phenoxy) is 2. The fraction of sp³-hybridized carbons (Fsp3) is 0.348. The summed E-state index contributed by atoms with van der Waals surface area (Å²) in [6, 6.07) is 12.9. The number of sulfonamides is 1. The van der Waals surface area contributed by atoms with Gasteiger partial charge in [-0.3, -0.25) is 14.4 Å². The zero-order valence-electron chi connectivity index (χ0n) is 18.8. The maximum absolute atomic E-state index is 12.7. The number of hydrogen-bond donors (Lipinski definition) is 2. The van der Waals surface area contributed by atoms with Gasteiger partial charge in [-0.25, -0.2) is 8.42 Å². The van der Waals surface area contributed by atoms with Crippen LogP contribution in [0.25, 0.3) is 0 Å². The number of carbonyl (C=O) groups excluding carboxylic acids is 3. The van der Waals surface area contributed by atoms with Crippen LogP contribution in [0.15, 0.2) is 53.4 Å². The molecule has 2 aromatic carbocycles. The first-order valence-corrected chi connectivity index (χ1v) is 12.2. The van der Waals surface area contributed by atoms with Crippen molar-refractivity contribution in [3.8, 4) is 0 Å². The summed E-state index contributed by atoms with van der Waals surface area (Å²) in [5, 5.41) is 5.17. The number of nitrogens with zero attached hydrogens (tertiary/aromatic N) is 1. The quantitative estimate of drug-likeness (QED) is 0.506. The van der Waals surface area contributed by atoms with Crippen LogP contribution >= 0.6 is 0 Å². The van der Waals surface area contributed by atoms with E-state index in [0.29, 0.717) is 44.0 Å². The summed E-state index contributed by atoms with van der Waals surface area (Å²) in [5.74, 6) is -1.28. The third-order valence-corrected chi connectivity index (χ3v) is 7.11. The van der Waals surface area contributed by atoms with Crippen LogP contribution < -0.4 is 10.6 Å². The molecule has 10 nitrogen and oxygen atoms in total. The Morgan fingerprint density at radius 3 is 2.44 bits per heavy atom. The van der Waals surface area contributed by atoms with Crippen LogP contribution in [0.3, 0.4) is 0 Å². The number of morpholine rings is 1. The van der Waals surface area contributed by atoms with Gasteiger partial charge in [0.15, 0.2) is 0 Å². The number of esters is 1. The Hall–Kier alpha value is -3.28. The van der Waals surface area contributed by atoms with Crippen molar-refractivity contribution in [1.82, 2.24) is 9.62 Å². The molecule has 0 bridgehead atoms. The Kier molecular flexibility index (Phi) is 8.74. The van der Waals surface area contributed by atoms with Crippen LogP contribution in [0, 0.1) is 0 Å². The van der Waals surface area contributed by atoms with Crippen molar-refractivity contribution in [1.29, 1.82) is 0 Å². The van der Waals surface area contributed by atoms with Crippen molar-refractivity contribution in [3.63, 3.8) is 0 Å². The van der Waals surface area contributed by atoms with Gasteiger partial charge in [0, 0.05) is 30.8 Å². The van der Waals surface area contributed by atoms with Gasteiger partial charge in [0.05, 0.1) is 25.2 Å². The zero-order valence-corrected chi connectivity index (χ0v) is 19.6. The average molecular weight is 490 g/mol. The fourth-order valence-electron chi connectivity index (χ4n) is 3.31. The molecule has 2 aromatic rings. The molecule has 2 amide bonds. The highest BCUT2D eigenvalue weighted by Gasteiger charge is 2.26. The van der Waals surface area contributed by atoms with Crippen molar-refractivity contribution in [3.05, 3.63) is 59.7 Å². The van der Waals surface area contributed by atoms with E-state index in [2.05, 4.69) is 15.4 Å². The summed E-state index contributed by atoms with van der Waals surface area (Å²) >= 11 is 0. The molecule has 34 heavy (non-hydrogen) atoms. The predicted octanol–water partition coefficient (Wildman–Crippen LogP) is 1.18. The first-order chi connectivity index (χ1) is 16.3. The lowest BCUT2D eigenvalue weighted by molar-refractivity contribution is -0.139. The highest BCUT2D eigenvalue weighted by Crippen LogP contribution is 2.18. The van der Waals surface area contributed by atoms with Gasteiger partial charge in [-0.2, -0.15) is 4.31 Å². The second-order valence-electron chi connectivity index (χ2n) is 7.55. The van der Waals surface area contributed by atoms with E-state index >= 15 is 0 Å². The number of amides is 2. The van der Waals surface area contributed by atoms with Gasteiger partial charge in [0.25, 0.3) is 5.91 Å². The number of aryl methyl sites for hydroxylation is 1. The van der Waals surface area contributed by atoms with E-state index in [-0.39, 0.29) is 23.8 Å². The normalized spacial score (nSPS) is 14.3. The number of nitrogens with one attached hydrogen (secondary N) is 2. The van der Waals surface area contributed by atoms with Crippen molar-refractivity contribution < 1.29 is 32.3 Å². The third-order valence-electron chi connectivity index (χ3n) is 5.20. The van der Waals surface area contributed by atoms with Gasteiger partial charge in [0.2, 0.25) is 15.9 Å². The lowest BCUT2D eigenvalue weighted by atomic mass is 10.1. The molecule has 0 aromatic heterocycles. The molecule has 1 heterocycles. The maximum atomic E-state index is 12.7. The van der Waals surface area contributed by atoms with E-state index in [1.54, 1.807) is 42.5 Å². The highest BCUT2D eigenvalue weighted by molar-refractivity contribution is 7.89. The molecule has 2 N–H and O–H groups in total. The van der Waals surface area contributed by atoms with Crippen LogP contribution in [-0.2, 0) is 35.5 Å². The number of methoxy groups -OCH3 is 1. The molecular formula is C23H27N3O7S. The molecule has 1 aliphatic heterocycles. The molecule has 0 aliphatic carbocycles. The standard InChI is InChI=1S/C23H27N3O7S/c1-32-22(28)16-24-23(29)18-3-2-4-19(15-18)25-21(27)10-7-17-5-8-20(9-6-17)34(30,31)26-11-13-33-14-12-26/h2-6,8-9,15H,7,10-14,16H2,1H3,(H,24,29)(H,25,27). The van der Waals surface area contributed by atoms with Crippen LogP contribution in [0.1, 0.15) is 22.3 Å². The van der Waals surface area contributed by atoms with Crippen LogP contribution in [0.2, 0.25) is 0 Å². The van der Waals surface area contributed by atoms with Crippen molar-refractivity contribution in [2.45, 2.75) is 17.7 Å². The number of benzene rings is 2. The molecule has 1 fully saturated rings. The first kappa shape index (κ1) is 25.3. The van der Waals surface area contributed by atoms with Gasteiger partial charge in [-0.05, 0) is 42.3 Å². The maximum Gasteiger partial charge on any atom is 0.325 e. The fourth-order valence-corrected chi connectivity index (χ4v) is 4.72. The summed E-state index contributed by atoms with van der Waals surface area (Å²) in [6.45, 7) is 1.18. The minimum atomic E-state index is -3.56. The van der Waals surface area contributed by atoms with E-state index in [4.69, 9.17) is 4.74 Å². The van der Waals surface area contributed by atoms with E-state index in [9.17, 15) is 22.8 Å². The van der Waals surface area contributed by atoms with Gasteiger partial charge in [-0.15, -0.1) is 0 Å². The highest BCUT2D eigenvalue weighted by atomic mass is 32.2. The van der Waals surface area contributed by atoms with Crippen LogP contribution in [-0.4, -0.2) is 70.5 Å². The van der Waals surface area contributed by atoms with Gasteiger partial charge < -0.3 is 20.1 Å². The Morgan fingerprint density at radius 1 is 1.06 bits per heavy atom. The first-order valence-electron chi connectivity index (χ1n) is 10.7. The second-order valence-corrected chi connectivity index (χ2v) is 9.49. The minimum Gasteiger partial charge on any atom is -0.468 e. The van der Waals surface area contributed by atoms with E-state index in [1.165, 1.54) is 17.5 Å². The number of rotatable bonds is 9. The van der Waals surface area contributed by atoms with Gasteiger partial charge >= 0.3 is 5.97 Å². The lowest BCUT2D eigenvalue weighted by Crippen LogP contribution is -2.40. The smallest absolute Gasteiger partial charge is 0.325 e. The summed E-state index contributed by atoms with van der Waals surface area (Å²) in [4.78, 5) is 35.9. The van der Waals surface area contributed by atoms with Crippen molar-refractivity contribution in [2.24, 2.45) is 0 Å². The summed E-state index contributed by atoms with van der Waals surface area (Å²) < 4.78 is 36.5. The number of carbonyl (C=O) groups is 3. The molecule has 0 radical (unpaired) electrons. The monoisotopic (exact) mass is 489 g/mol. The van der Waals surface area contributed by atoms with E-state index in [1.807, 2.05) is 0 Å². The SMILES string of the molecule is COC(=O)CNC(=O)c1cccc(NC(=O)CCc2ccc(S(=O)(=O)N3CCOCC3)cc2)c1. The average Bonchev–Trinajstić information content (AvgIpc) is 2.86. The third kappa shape index (κ3) is 6.86. The van der Waals surface area contributed by atoms with E-state index in [0.717, 1.165) is 5.56 Å². The Balaban J connectivity index is 1.52. The van der Waals surface area contributed by atoms with Crippen molar-refractivity contribution >= 4 is 33.5 Å². The largest absolute Gasteiger partial charge is 0.468 e. The molecule has 11 heteroatoms. The molecule has 3 rings (SSSR count). The second kappa shape index (κ2) is 11.7. The molecule has 0 spiro atoms. The molecule has 1 saturated heterocycles. The molecule has 0 atom stereocenters. The summed E-state index contributed by atoms with van der Waals surface area (Å²) in [6.07, 6.45) is 0.595. The van der Waals surface area contributed by atoms with E-state index < -0.39 is 21.9 Å². The minimum absolute atomic E-state index is 0.175. The summed E-state index contributed by atoms with van der Waals surface area (Å²) in [7, 11) is -2.33. The Labute approximate surface area is 198 Å². The molecule has 0 saturated carbocycles. The number of anilines is 1. The molecule has 1 aliphatic rings. The van der Waals surface area contributed by atoms with Crippen LogP contribution in [0.5, 0.6) is 0 Å².